The van der Waals surface area contributed by atoms with Crippen LogP contribution in [0, 0.1) is 18.6 Å². The number of aryl methyl sites for hydroxylation is 2. The quantitative estimate of drug-likeness (QED) is 0.605. The molecular formula is C23H23F2N3O2S. The van der Waals surface area contributed by atoms with Crippen LogP contribution in [0.2, 0.25) is 0 Å². The van der Waals surface area contributed by atoms with Crippen LogP contribution in [0.1, 0.15) is 40.2 Å². The van der Waals surface area contributed by atoms with Crippen LogP contribution < -0.4 is 5.43 Å². The Bertz CT molecular complexity index is 1210. The molecular weight excluding hydrogens is 420 g/mol. The van der Waals surface area contributed by atoms with Gasteiger partial charge in [0, 0.05) is 48.1 Å². The number of amides is 1. The van der Waals surface area contributed by atoms with E-state index in [0.717, 1.165) is 17.8 Å². The van der Waals surface area contributed by atoms with Crippen LogP contribution in [0.25, 0.3) is 11.0 Å². The lowest BCUT2D eigenvalue weighted by atomic mass is 10.1. The summed E-state index contributed by atoms with van der Waals surface area (Å²) in [4.78, 5) is 32.4. The predicted octanol–water partition coefficient (Wildman–Crippen LogP) is 4.32. The summed E-state index contributed by atoms with van der Waals surface area (Å²) < 4.78 is 29.6. The molecule has 3 heterocycles. The highest BCUT2D eigenvalue weighted by Gasteiger charge is 2.27. The maximum Gasteiger partial charge on any atom is 0.259 e. The van der Waals surface area contributed by atoms with Crippen molar-refractivity contribution in [2.75, 3.05) is 18.8 Å². The van der Waals surface area contributed by atoms with Gasteiger partial charge in [-0.15, -0.1) is 0 Å². The first-order chi connectivity index (χ1) is 14.9. The van der Waals surface area contributed by atoms with Gasteiger partial charge in [-0.2, -0.15) is 11.8 Å². The molecule has 0 radical (unpaired) electrons. The van der Waals surface area contributed by atoms with Crippen LogP contribution in [-0.4, -0.2) is 39.2 Å². The van der Waals surface area contributed by atoms with Crippen LogP contribution in [-0.2, 0) is 6.54 Å². The van der Waals surface area contributed by atoms with Gasteiger partial charge in [0.2, 0.25) is 5.43 Å². The number of thioether (sulfide) groups is 1. The first kappa shape index (κ1) is 21.5. The fourth-order valence-electron chi connectivity index (χ4n) is 3.91. The summed E-state index contributed by atoms with van der Waals surface area (Å²) in [5.41, 5.74) is 1.47. The highest BCUT2D eigenvalue weighted by molar-refractivity contribution is 7.99. The Morgan fingerprint density at radius 3 is 2.81 bits per heavy atom. The molecule has 0 unspecified atom stereocenters. The Morgan fingerprint density at radius 2 is 2.03 bits per heavy atom. The number of benzene rings is 1. The van der Waals surface area contributed by atoms with Crippen molar-refractivity contribution in [3.05, 3.63) is 75.2 Å². The van der Waals surface area contributed by atoms with Crippen molar-refractivity contribution in [2.24, 2.45) is 0 Å². The number of hydrogen-bond donors (Lipinski definition) is 0. The molecule has 0 spiro atoms. The Balaban J connectivity index is 1.62. The third kappa shape index (κ3) is 4.21. The lowest BCUT2D eigenvalue weighted by Gasteiger charge is -2.21. The molecule has 8 heteroatoms. The molecule has 1 amide bonds. The Labute approximate surface area is 183 Å². The van der Waals surface area contributed by atoms with Crippen molar-refractivity contribution in [1.82, 2.24) is 14.5 Å². The molecule has 1 aromatic carbocycles. The summed E-state index contributed by atoms with van der Waals surface area (Å²) in [6, 6.07) is 6.94. The van der Waals surface area contributed by atoms with Gasteiger partial charge in [-0.3, -0.25) is 9.59 Å². The Kier molecular flexibility index (Phi) is 6.09. The number of carbonyl (C=O) groups excluding carboxylic acids is 1. The maximum atomic E-state index is 14.2. The van der Waals surface area contributed by atoms with E-state index in [-0.39, 0.29) is 22.1 Å². The van der Waals surface area contributed by atoms with Gasteiger partial charge in [0.25, 0.3) is 5.91 Å². The number of rotatable bonds is 3. The minimum atomic E-state index is -0.477. The molecule has 4 rings (SSSR count). The molecule has 1 atom stereocenters. The number of carbonyl (C=O) groups is 1. The summed E-state index contributed by atoms with van der Waals surface area (Å²) in [6.45, 7) is 5.16. The zero-order valence-electron chi connectivity index (χ0n) is 17.4. The van der Waals surface area contributed by atoms with Crippen molar-refractivity contribution >= 4 is 28.7 Å². The van der Waals surface area contributed by atoms with Crippen LogP contribution in [0.15, 0.2) is 41.3 Å². The van der Waals surface area contributed by atoms with E-state index in [2.05, 4.69) is 4.98 Å². The molecule has 1 aliphatic heterocycles. The third-order valence-corrected chi connectivity index (χ3v) is 6.88. The van der Waals surface area contributed by atoms with E-state index in [0.29, 0.717) is 48.4 Å². The molecule has 0 saturated carbocycles. The van der Waals surface area contributed by atoms with Crippen molar-refractivity contribution in [2.45, 2.75) is 32.1 Å². The average Bonchev–Trinajstić information content (AvgIpc) is 3.01. The van der Waals surface area contributed by atoms with Gasteiger partial charge in [-0.05, 0) is 50.6 Å². The SMILES string of the molecule is CCn1cc(C(=O)N2CCS[C@H](c3cc(F)ccc3F)CC2)c(=O)c2ccc(C)nc21. The summed E-state index contributed by atoms with van der Waals surface area (Å²) in [5.74, 6) is -0.686. The fourth-order valence-corrected chi connectivity index (χ4v) is 5.15. The molecule has 162 valence electrons. The zero-order valence-corrected chi connectivity index (χ0v) is 18.2. The van der Waals surface area contributed by atoms with Gasteiger partial charge in [0.1, 0.15) is 22.8 Å². The van der Waals surface area contributed by atoms with E-state index in [1.165, 1.54) is 17.8 Å². The second-order valence-electron chi connectivity index (χ2n) is 7.59. The van der Waals surface area contributed by atoms with Crippen molar-refractivity contribution in [3.8, 4) is 0 Å². The van der Waals surface area contributed by atoms with E-state index in [1.54, 1.807) is 23.2 Å². The summed E-state index contributed by atoms with van der Waals surface area (Å²) in [6.07, 6.45) is 2.06. The number of nitrogens with zero attached hydrogens (tertiary/aromatic N) is 3. The lowest BCUT2D eigenvalue weighted by molar-refractivity contribution is 0.0764. The topological polar surface area (TPSA) is 55.2 Å². The number of pyridine rings is 2. The van der Waals surface area contributed by atoms with Crippen molar-refractivity contribution in [3.63, 3.8) is 0 Å². The van der Waals surface area contributed by atoms with E-state index in [1.807, 2.05) is 18.4 Å². The van der Waals surface area contributed by atoms with Crippen LogP contribution in [0.4, 0.5) is 8.78 Å². The second-order valence-corrected chi connectivity index (χ2v) is 8.90. The van der Waals surface area contributed by atoms with Crippen LogP contribution in [0.5, 0.6) is 0 Å². The van der Waals surface area contributed by atoms with Gasteiger partial charge < -0.3 is 9.47 Å². The van der Waals surface area contributed by atoms with E-state index in [9.17, 15) is 18.4 Å². The predicted molar refractivity (Wildman–Crippen MR) is 118 cm³/mol. The Morgan fingerprint density at radius 1 is 1.23 bits per heavy atom. The van der Waals surface area contributed by atoms with Gasteiger partial charge in [-0.25, -0.2) is 13.8 Å². The minimum absolute atomic E-state index is 0.111. The van der Waals surface area contributed by atoms with E-state index >= 15 is 0 Å². The highest BCUT2D eigenvalue weighted by Crippen LogP contribution is 2.36. The van der Waals surface area contributed by atoms with Crippen molar-refractivity contribution in [1.29, 1.82) is 0 Å². The number of aromatic nitrogens is 2. The molecule has 0 bridgehead atoms. The van der Waals surface area contributed by atoms with Gasteiger partial charge >= 0.3 is 0 Å². The smallest absolute Gasteiger partial charge is 0.259 e. The highest BCUT2D eigenvalue weighted by atomic mass is 32.2. The Hall–Kier alpha value is -2.74. The summed E-state index contributed by atoms with van der Waals surface area (Å²) in [7, 11) is 0. The first-order valence-electron chi connectivity index (χ1n) is 10.3. The maximum absolute atomic E-state index is 14.2. The lowest BCUT2D eigenvalue weighted by Crippen LogP contribution is -2.36. The van der Waals surface area contributed by atoms with Gasteiger partial charge in [-0.1, -0.05) is 0 Å². The monoisotopic (exact) mass is 443 g/mol. The second kappa shape index (κ2) is 8.78. The number of fused-ring (bicyclic) bond motifs is 1. The minimum Gasteiger partial charge on any atom is -0.338 e. The molecule has 1 aliphatic rings. The molecule has 2 aromatic heterocycles. The largest absolute Gasteiger partial charge is 0.338 e. The summed E-state index contributed by atoms with van der Waals surface area (Å²) >= 11 is 1.50. The number of hydrogen-bond acceptors (Lipinski definition) is 4. The molecule has 0 aliphatic carbocycles. The van der Waals surface area contributed by atoms with Crippen LogP contribution >= 0.6 is 11.8 Å². The van der Waals surface area contributed by atoms with Crippen molar-refractivity contribution < 1.29 is 13.6 Å². The van der Waals surface area contributed by atoms with E-state index in [4.69, 9.17) is 0 Å². The third-order valence-electron chi connectivity index (χ3n) is 5.57. The molecule has 0 N–H and O–H groups in total. The van der Waals surface area contributed by atoms with E-state index < -0.39 is 11.6 Å². The molecule has 3 aromatic rings. The zero-order chi connectivity index (χ0) is 22.1. The normalized spacial score (nSPS) is 17.0. The molecule has 5 nitrogen and oxygen atoms in total. The summed E-state index contributed by atoms with van der Waals surface area (Å²) in [5, 5.41) is 0.173. The molecule has 31 heavy (non-hydrogen) atoms. The fraction of sp³-hybridized carbons (Fsp3) is 0.348. The molecule has 1 saturated heterocycles. The van der Waals surface area contributed by atoms with Crippen LogP contribution in [0.3, 0.4) is 0 Å². The molecule has 1 fully saturated rings. The standard InChI is InChI=1S/C23H23F2N3O2S/c1-3-27-13-18(21(29)16-6-4-14(2)26-22(16)27)23(30)28-9-8-20(31-11-10-28)17-12-15(24)5-7-19(17)25/h4-7,12-13,20H,3,8-11H2,1-2H3/t20-/m0/s1. The number of halogens is 2. The van der Waals surface area contributed by atoms with Gasteiger partial charge in [0.05, 0.1) is 5.39 Å². The van der Waals surface area contributed by atoms with Gasteiger partial charge in [0.15, 0.2) is 0 Å². The average molecular weight is 444 g/mol. The first-order valence-corrected chi connectivity index (χ1v) is 11.3.